The molecule has 3 aliphatic heterocycles. The Kier molecular flexibility index (Phi) is 4.89. The van der Waals surface area contributed by atoms with E-state index in [9.17, 15) is 9.59 Å². The summed E-state index contributed by atoms with van der Waals surface area (Å²) in [4.78, 5) is 31.4. The van der Waals surface area contributed by atoms with Gasteiger partial charge in [-0.1, -0.05) is 50.1 Å². The topological polar surface area (TPSA) is 74.4 Å². The van der Waals surface area contributed by atoms with Crippen LogP contribution >= 0.6 is 0 Å². The second-order valence-electron chi connectivity index (χ2n) is 8.77. The van der Waals surface area contributed by atoms with Gasteiger partial charge in [0.15, 0.2) is 0 Å². The smallest absolute Gasteiger partial charge is 0.230 e. The van der Waals surface area contributed by atoms with Crippen LogP contribution in [0.2, 0.25) is 0 Å². The highest BCUT2D eigenvalue weighted by atomic mass is 16.5. The summed E-state index contributed by atoms with van der Waals surface area (Å²) in [6, 6.07) is 8.21. The number of hydrogen-bond acceptors (Lipinski definition) is 3. The Morgan fingerprint density at radius 3 is 3.07 bits per heavy atom. The van der Waals surface area contributed by atoms with Gasteiger partial charge in [0.2, 0.25) is 11.8 Å². The van der Waals surface area contributed by atoms with E-state index in [-0.39, 0.29) is 17.9 Å². The molecule has 3 aliphatic rings. The van der Waals surface area contributed by atoms with Gasteiger partial charge in [-0.3, -0.25) is 9.59 Å². The summed E-state index contributed by atoms with van der Waals surface area (Å²) in [7, 11) is 0. The molecule has 2 N–H and O–H groups in total. The molecule has 30 heavy (non-hydrogen) atoms. The third kappa shape index (κ3) is 3.05. The van der Waals surface area contributed by atoms with Gasteiger partial charge >= 0.3 is 0 Å². The molecular formula is C24H29N3O3. The Morgan fingerprint density at radius 2 is 2.20 bits per heavy atom. The van der Waals surface area contributed by atoms with Crippen LogP contribution in [0, 0.1) is 11.8 Å². The third-order valence-corrected chi connectivity index (χ3v) is 6.89. The number of unbranched alkanes of at least 4 members (excludes halogenated alkanes) is 2. The summed E-state index contributed by atoms with van der Waals surface area (Å²) >= 11 is 0. The van der Waals surface area contributed by atoms with Gasteiger partial charge in [-0.15, -0.1) is 0 Å². The van der Waals surface area contributed by atoms with Crippen molar-refractivity contribution in [3.63, 3.8) is 0 Å². The molecule has 2 saturated heterocycles. The molecule has 0 saturated carbocycles. The zero-order valence-corrected chi connectivity index (χ0v) is 17.4. The van der Waals surface area contributed by atoms with E-state index in [0.29, 0.717) is 19.6 Å². The number of aromatic nitrogens is 1. The fraction of sp³-hybridized carbons (Fsp3) is 0.500. The number of likely N-dealkylation sites (tertiary alicyclic amines) is 1. The number of amides is 2. The molecule has 6 nitrogen and oxygen atoms in total. The predicted octanol–water partition coefficient (Wildman–Crippen LogP) is 2.80. The molecule has 2 amide bonds. The normalized spacial score (nSPS) is 29.2. The van der Waals surface area contributed by atoms with Crippen molar-refractivity contribution in [2.75, 3.05) is 19.6 Å². The van der Waals surface area contributed by atoms with E-state index >= 15 is 0 Å². The molecule has 4 atom stereocenters. The highest BCUT2D eigenvalue weighted by Crippen LogP contribution is 2.51. The fourth-order valence-electron chi connectivity index (χ4n) is 5.37. The van der Waals surface area contributed by atoms with Gasteiger partial charge in [-0.05, 0) is 24.5 Å². The maximum Gasteiger partial charge on any atom is 0.230 e. The highest BCUT2D eigenvalue weighted by molar-refractivity contribution is 5.93. The molecule has 0 aliphatic carbocycles. The first-order valence-electron chi connectivity index (χ1n) is 11.1. The number of benzene rings is 1. The van der Waals surface area contributed by atoms with Gasteiger partial charge in [-0.2, -0.15) is 0 Å². The maximum atomic E-state index is 13.3. The van der Waals surface area contributed by atoms with Gasteiger partial charge in [-0.25, -0.2) is 0 Å². The highest BCUT2D eigenvalue weighted by Gasteiger charge is 2.66. The van der Waals surface area contributed by atoms with Crippen LogP contribution in [-0.4, -0.2) is 53.0 Å². The minimum absolute atomic E-state index is 0.0424. The number of H-pyrrole nitrogens is 1. The summed E-state index contributed by atoms with van der Waals surface area (Å²) in [5, 5.41) is 4.23. The van der Waals surface area contributed by atoms with Crippen molar-refractivity contribution in [1.29, 1.82) is 0 Å². The van der Waals surface area contributed by atoms with Gasteiger partial charge in [0, 0.05) is 30.2 Å². The zero-order valence-electron chi connectivity index (χ0n) is 17.4. The number of para-hydroxylation sites is 1. The largest absolute Gasteiger partial charge is 0.361 e. The van der Waals surface area contributed by atoms with E-state index in [2.05, 4.69) is 29.4 Å². The number of fused-ring (bicyclic) bond motifs is 2. The summed E-state index contributed by atoms with van der Waals surface area (Å²) in [5.41, 5.74) is 1.69. The first-order chi connectivity index (χ1) is 14.6. The molecule has 2 fully saturated rings. The van der Waals surface area contributed by atoms with Crippen LogP contribution < -0.4 is 5.32 Å². The average molecular weight is 408 g/mol. The Bertz CT molecular complexity index is 996. The molecule has 4 heterocycles. The van der Waals surface area contributed by atoms with Crippen LogP contribution in [0.5, 0.6) is 0 Å². The molecular weight excluding hydrogens is 378 g/mol. The lowest BCUT2D eigenvalue weighted by molar-refractivity contribution is -0.137. The second kappa shape index (κ2) is 7.58. The van der Waals surface area contributed by atoms with Crippen molar-refractivity contribution in [2.24, 2.45) is 11.8 Å². The molecule has 2 bridgehead atoms. The van der Waals surface area contributed by atoms with Crippen LogP contribution in [0.25, 0.3) is 10.9 Å². The number of hydrogen-bond donors (Lipinski definition) is 2. The fourth-order valence-corrected chi connectivity index (χ4v) is 5.37. The van der Waals surface area contributed by atoms with Crippen molar-refractivity contribution < 1.29 is 14.3 Å². The summed E-state index contributed by atoms with van der Waals surface area (Å²) in [5.74, 6) is -0.807. The Morgan fingerprint density at radius 1 is 1.33 bits per heavy atom. The van der Waals surface area contributed by atoms with Crippen molar-refractivity contribution in [3.8, 4) is 0 Å². The van der Waals surface area contributed by atoms with Gasteiger partial charge in [0.25, 0.3) is 0 Å². The van der Waals surface area contributed by atoms with E-state index in [0.717, 1.165) is 31.2 Å². The molecule has 1 aromatic heterocycles. The average Bonchev–Trinajstić information content (AvgIpc) is 3.49. The van der Waals surface area contributed by atoms with Crippen LogP contribution in [0.3, 0.4) is 0 Å². The monoisotopic (exact) mass is 407 g/mol. The number of aromatic amines is 1. The lowest BCUT2D eigenvalue weighted by atomic mass is 9.77. The van der Waals surface area contributed by atoms with Gasteiger partial charge < -0.3 is 19.9 Å². The second-order valence-corrected chi connectivity index (χ2v) is 8.77. The molecule has 0 radical (unpaired) electrons. The molecule has 6 heteroatoms. The standard InChI is InChI=1S/C24H29N3O3/c1-2-3-6-12-25-22(28)20-19-9-11-24(30-19)15-27(23(29)21(20)24)13-10-16-14-26-18-8-5-4-7-17(16)18/h4-5,7-9,11,14,19-21,26H,2-3,6,10,12-13,15H2,1H3,(H,25,28)/t19?,20?,21?,24-/m1/s1. The summed E-state index contributed by atoms with van der Waals surface area (Å²) < 4.78 is 6.21. The summed E-state index contributed by atoms with van der Waals surface area (Å²) in [6.07, 6.45) is 9.70. The zero-order chi connectivity index (χ0) is 20.7. The van der Waals surface area contributed by atoms with E-state index < -0.39 is 17.4 Å². The number of nitrogens with one attached hydrogen (secondary N) is 2. The quantitative estimate of drug-likeness (QED) is 0.522. The van der Waals surface area contributed by atoms with E-state index in [4.69, 9.17) is 4.74 Å². The minimum Gasteiger partial charge on any atom is -0.361 e. The SMILES string of the molecule is CCCCCNC(=O)C1C2C=C[C@]3(CN(CCc4c[nH]c5ccccc45)C(=O)C13)O2. The lowest BCUT2D eigenvalue weighted by Crippen LogP contribution is -2.44. The Balaban J connectivity index is 1.27. The van der Waals surface area contributed by atoms with Crippen LogP contribution in [0.15, 0.2) is 42.6 Å². The van der Waals surface area contributed by atoms with E-state index in [1.165, 1.54) is 10.9 Å². The van der Waals surface area contributed by atoms with Crippen molar-refractivity contribution in [1.82, 2.24) is 15.2 Å². The van der Waals surface area contributed by atoms with Gasteiger partial charge in [0.05, 0.1) is 24.5 Å². The van der Waals surface area contributed by atoms with Crippen LogP contribution in [0.4, 0.5) is 0 Å². The molecule has 5 rings (SSSR count). The molecule has 1 aromatic carbocycles. The maximum absolute atomic E-state index is 13.3. The van der Waals surface area contributed by atoms with Crippen LogP contribution in [-0.2, 0) is 20.7 Å². The third-order valence-electron chi connectivity index (χ3n) is 6.89. The first kappa shape index (κ1) is 19.4. The van der Waals surface area contributed by atoms with E-state index in [1.54, 1.807) is 0 Å². The lowest BCUT2D eigenvalue weighted by Gasteiger charge is -2.23. The molecule has 1 spiro atoms. The van der Waals surface area contributed by atoms with Crippen molar-refractivity contribution in [3.05, 3.63) is 48.2 Å². The Hall–Kier alpha value is -2.60. The first-order valence-corrected chi connectivity index (χ1v) is 11.1. The number of carbonyl (C=O) groups excluding carboxylic acids is 2. The summed E-state index contributed by atoms with van der Waals surface area (Å²) in [6.45, 7) is 3.97. The van der Waals surface area contributed by atoms with Crippen LogP contribution in [0.1, 0.15) is 31.7 Å². The Labute approximate surface area is 176 Å². The molecule has 158 valence electrons. The minimum atomic E-state index is -0.632. The van der Waals surface area contributed by atoms with Gasteiger partial charge in [0.1, 0.15) is 5.60 Å². The van der Waals surface area contributed by atoms with E-state index in [1.807, 2.05) is 35.4 Å². The molecule has 3 unspecified atom stereocenters. The number of rotatable bonds is 8. The predicted molar refractivity (Wildman–Crippen MR) is 115 cm³/mol. The number of carbonyl (C=O) groups is 2. The number of ether oxygens (including phenoxy) is 1. The number of nitrogens with zero attached hydrogens (tertiary/aromatic N) is 1. The van der Waals surface area contributed by atoms with Crippen molar-refractivity contribution in [2.45, 2.75) is 44.3 Å². The molecule has 2 aromatic rings. The van der Waals surface area contributed by atoms with Crippen molar-refractivity contribution >= 4 is 22.7 Å².